The minimum absolute atomic E-state index is 0.0111. The molecule has 1 aromatic carbocycles. The summed E-state index contributed by atoms with van der Waals surface area (Å²) in [7, 11) is 0. The first-order valence-corrected chi connectivity index (χ1v) is 10.8. The van der Waals surface area contributed by atoms with E-state index < -0.39 is 0 Å². The predicted octanol–water partition coefficient (Wildman–Crippen LogP) is 3.94. The van der Waals surface area contributed by atoms with Crippen molar-refractivity contribution >= 4 is 28.6 Å². The average molecular weight is 388 g/mol. The van der Waals surface area contributed by atoms with Gasteiger partial charge in [0.15, 0.2) is 5.16 Å². The molecule has 0 N–H and O–H groups in total. The zero-order valence-electron chi connectivity index (χ0n) is 16.5. The van der Waals surface area contributed by atoms with Crippen molar-refractivity contribution < 1.29 is 4.79 Å². The van der Waals surface area contributed by atoms with E-state index in [-0.39, 0.29) is 16.7 Å². The van der Waals surface area contributed by atoms with Gasteiger partial charge in [0.1, 0.15) is 0 Å². The van der Waals surface area contributed by atoms with Crippen molar-refractivity contribution in [1.29, 1.82) is 0 Å². The van der Waals surface area contributed by atoms with Crippen molar-refractivity contribution in [3.8, 4) is 0 Å². The van der Waals surface area contributed by atoms with E-state index in [1.807, 2.05) is 36.1 Å². The molecule has 27 heavy (non-hydrogen) atoms. The van der Waals surface area contributed by atoms with E-state index >= 15 is 0 Å². The first kappa shape index (κ1) is 19.9. The Balaban J connectivity index is 1.86. The molecule has 0 aliphatic carbocycles. The molecule has 1 amide bonds. The van der Waals surface area contributed by atoms with Gasteiger partial charge in [0.2, 0.25) is 5.91 Å². The summed E-state index contributed by atoms with van der Waals surface area (Å²) in [5.74, 6) is 0.842. The summed E-state index contributed by atoms with van der Waals surface area (Å²) in [6, 6.07) is 7.45. The number of hydrogen-bond acceptors (Lipinski definition) is 4. The standard InChI is InChI=1S/C21H29N3O2S/c1-4-5-12-24-20(26)17-8-6-7-9-18(17)22-21(24)27-16(3)19(25)23-13-10-15(2)11-14-23/h6-9,15-16H,4-5,10-14H2,1-3H3. The highest BCUT2D eigenvalue weighted by Crippen LogP contribution is 2.26. The summed E-state index contributed by atoms with van der Waals surface area (Å²) in [5.41, 5.74) is 0.687. The van der Waals surface area contributed by atoms with Gasteiger partial charge in [-0.25, -0.2) is 4.98 Å². The van der Waals surface area contributed by atoms with Gasteiger partial charge in [-0.2, -0.15) is 0 Å². The Hall–Kier alpha value is -1.82. The average Bonchev–Trinajstić information content (AvgIpc) is 2.68. The number of fused-ring (bicyclic) bond motifs is 1. The van der Waals surface area contributed by atoms with E-state index in [0.29, 0.717) is 28.5 Å². The Bertz CT molecular complexity index is 856. The van der Waals surface area contributed by atoms with Crippen LogP contribution in [0.1, 0.15) is 46.5 Å². The SMILES string of the molecule is CCCCn1c(SC(C)C(=O)N2CCC(C)CC2)nc2ccccc2c1=O. The van der Waals surface area contributed by atoms with Gasteiger partial charge in [0.05, 0.1) is 16.2 Å². The Labute approximate surface area is 165 Å². The van der Waals surface area contributed by atoms with E-state index in [1.165, 1.54) is 11.8 Å². The van der Waals surface area contributed by atoms with Crippen LogP contribution in [0.15, 0.2) is 34.2 Å². The molecule has 1 aliphatic heterocycles. The van der Waals surface area contributed by atoms with Crippen LogP contribution in [0, 0.1) is 5.92 Å². The van der Waals surface area contributed by atoms with Crippen LogP contribution in [0.25, 0.3) is 10.9 Å². The number of thioether (sulfide) groups is 1. The number of likely N-dealkylation sites (tertiary alicyclic amines) is 1. The van der Waals surface area contributed by atoms with E-state index in [0.717, 1.165) is 38.8 Å². The molecule has 6 heteroatoms. The fourth-order valence-corrected chi connectivity index (χ4v) is 4.46. The lowest BCUT2D eigenvalue weighted by atomic mass is 9.99. The maximum atomic E-state index is 13.0. The minimum atomic E-state index is -0.251. The van der Waals surface area contributed by atoms with Crippen LogP contribution in [0.2, 0.25) is 0 Å². The highest BCUT2D eigenvalue weighted by atomic mass is 32.2. The number of amides is 1. The number of para-hydroxylation sites is 1. The Morgan fingerprint density at radius 3 is 2.70 bits per heavy atom. The van der Waals surface area contributed by atoms with Gasteiger partial charge < -0.3 is 4.90 Å². The summed E-state index contributed by atoms with van der Waals surface area (Å²) >= 11 is 1.41. The number of piperidine rings is 1. The maximum absolute atomic E-state index is 13.0. The largest absolute Gasteiger partial charge is 0.342 e. The number of carbonyl (C=O) groups excluding carboxylic acids is 1. The lowest BCUT2D eigenvalue weighted by Crippen LogP contribution is -2.42. The zero-order valence-corrected chi connectivity index (χ0v) is 17.3. The topological polar surface area (TPSA) is 55.2 Å². The molecule has 2 heterocycles. The van der Waals surface area contributed by atoms with Crippen molar-refractivity contribution in [2.24, 2.45) is 5.92 Å². The zero-order chi connectivity index (χ0) is 19.4. The molecule has 2 aromatic rings. The number of nitrogens with zero attached hydrogens (tertiary/aromatic N) is 3. The molecule has 1 unspecified atom stereocenters. The third-order valence-corrected chi connectivity index (χ3v) is 6.36. The first-order chi connectivity index (χ1) is 13.0. The molecule has 1 aromatic heterocycles. The summed E-state index contributed by atoms with van der Waals surface area (Å²) in [6.45, 7) is 8.58. The van der Waals surface area contributed by atoms with Gasteiger partial charge in [0.25, 0.3) is 5.56 Å². The molecule has 3 rings (SSSR count). The molecule has 0 saturated carbocycles. The van der Waals surface area contributed by atoms with Crippen LogP contribution in [0.5, 0.6) is 0 Å². The van der Waals surface area contributed by atoms with Crippen molar-refractivity contribution in [2.75, 3.05) is 13.1 Å². The Morgan fingerprint density at radius 1 is 1.30 bits per heavy atom. The Morgan fingerprint density at radius 2 is 2.00 bits per heavy atom. The molecular formula is C21H29N3O2S. The second-order valence-corrected chi connectivity index (χ2v) is 8.80. The quantitative estimate of drug-likeness (QED) is 0.557. The molecule has 146 valence electrons. The van der Waals surface area contributed by atoms with Crippen molar-refractivity contribution in [3.05, 3.63) is 34.6 Å². The summed E-state index contributed by atoms with van der Waals surface area (Å²) < 4.78 is 1.75. The normalized spacial score (nSPS) is 16.6. The third kappa shape index (κ3) is 4.54. The maximum Gasteiger partial charge on any atom is 0.262 e. The second kappa shape index (κ2) is 8.91. The van der Waals surface area contributed by atoms with Crippen molar-refractivity contribution in [1.82, 2.24) is 14.5 Å². The van der Waals surface area contributed by atoms with Crippen LogP contribution in [-0.4, -0.2) is 38.7 Å². The minimum Gasteiger partial charge on any atom is -0.342 e. The molecular weight excluding hydrogens is 358 g/mol. The fourth-order valence-electron chi connectivity index (χ4n) is 3.45. The molecule has 0 spiro atoms. The van der Waals surface area contributed by atoms with E-state index in [2.05, 4.69) is 13.8 Å². The van der Waals surface area contributed by atoms with Crippen LogP contribution < -0.4 is 5.56 Å². The summed E-state index contributed by atoms with van der Waals surface area (Å²) in [5, 5.41) is 1.04. The van der Waals surface area contributed by atoms with Gasteiger partial charge in [0, 0.05) is 19.6 Å². The molecule has 0 radical (unpaired) electrons. The monoisotopic (exact) mass is 387 g/mol. The van der Waals surface area contributed by atoms with Crippen LogP contribution in [-0.2, 0) is 11.3 Å². The van der Waals surface area contributed by atoms with Crippen LogP contribution >= 0.6 is 11.8 Å². The third-order valence-electron chi connectivity index (χ3n) is 5.29. The highest BCUT2D eigenvalue weighted by molar-refractivity contribution is 8.00. The van der Waals surface area contributed by atoms with Crippen molar-refractivity contribution in [2.45, 2.75) is 63.4 Å². The highest BCUT2D eigenvalue weighted by Gasteiger charge is 2.26. The predicted molar refractivity (Wildman–Crippen MR) is 111 cm³/mol. The lowest BCUT2D eigenvalue weighted by Gasteiger charge is -2.32. The van der Waals surface area contributed by atoms with Crippen LogP contribution in [0.4, 0.5) is 0 Å². The molecule has 1 aliphatic rings. The summed E-state index contributed by atoms with van der Waals surface area (Å²) in [6.07, 6.45) is 4.06. The van der Waals surface area contributed by atoms with Gasteiger partial charge in [-0.15, -0.1) is 0 Å². The van der Waals surface area contributed by atoms with E-state index in [4.69, 9.17) is 4.98 Å². The number of unbranched alkanes of at least 4 members (excludes halogenated alkanes) is 1. The second-order valence-electron chi connectivity index (χ2n) is 7.49. The number of carbonyl (C=O) groups is 1. The number of hydrogen-bond donors (Lipinski definition) is 0. The van der Waals surface area contributed by atoms with E-state index in [1.54, 1.807) is 4.57 Å². The van der Waals surface area contributed by atoms with E-state index in [9.17, 15) is 9.59 Å². The summed E-state index contributed by atoms with van der Waals surface area (Å²) in [4.78, 5) is 32.5. The van der Waals surface area contributed by atoms with Gasteiger partial charge in [-0.1, -0.05) is 44.2 Å². The van der Waals surface area contributed by atoms with Gasteiger partial charge in [-0.05, 0) is 44.2 Å². The van der Waals surface area contributed by atoms with Crippen molar-refractivity contribution in [3.63, 3.8) is 0 Å². The number of benzene rings is 1. The van der Waals surface area contributed by atoms with Crippen LogP contribution in [0.3, 0.4) is 0 Å². The Kier molecular flexibility index (Phi) is 6.58. The smallest absolute Gasteiger partial charge is 0.262 e. The molecule has 1 atom stereocenters. The lowest BCUT2D eigenvalue weighted by molar-refractivity contribution is -0.131. The molecule has 0 bridgehead atoms. The molecule has 1 saturated heterocycles. The number of aromatic nitrogens is 2. The first-order valence-electron chi connectivity index (χ1n) is 9.96. The fraction of sp³-hybridized carbons (Fsp3) is 0.571. The number of rotatable bonds is 6. The van der Waals surface area contributed by atoms with Gasteiger partial charge in [-0.3, -0.25) is 14.2 Å². The molecule has 5 nitrogen and oxygen atoms in total. The van der Waals surface area contributed by atoms with Gasteiger partial charge >= 0.3 is 0 Å². The molecule has 1 fully saturated rings.